The lowest BCUT2D eigenvalue weighted by Gasteiger charge is -2.36. The lowest BCUT2D eigenvalue weighted by Crippen LogP contribution is -2.58. The van der Waals surface area contributed by atoms with E-state index < -0.39 is 35.7 Å². The summed E-state index contributed by atoms with van der Waals surface area (Å²) in [5.41, 5.74) is -0.715. The number of amides is 3. The molecule has 2 saturated heterocycles. The second kappa shape index (κ2) is 10.4. The molecule has 1 spiro atoms. The predicted molar refractivity (Wildman–Crippen MR) is 151 cm³/mol. The highest BCUT2D eigenvalue weighted by Gasteiger charge is 2.73. The van der Waals surface area contributed by atoms with Crippen molar-refractivity contribution < 1.29 is 28.6 Å². The van der Waals surface area contributed by atoms with Gasteiger partial charge in [-0.25, -0.2) is 0 Å². The van der Waals surface area contributed by atoms with Crippen molar-refractivity contribution in [2.45, 2.75) is 62.0 Å². The summed E-state index contributed by atoms with van der Waals surface area (Å²) in [5, 5.41) is 6.60. The Bertz CT molecular complexity index is 1410. The summed E-state index contributed by atoms with van der Waals surface area (Å²) >= 11 is 6.13. The molecule has 1 saturated carbocycles. The van der Waals surface area contributed by atoms with Crippen molar-refractivity contribution in [2.24, 2.45) is 11.8 Å². The molecule has 5 aliphatic rings. The zero-order valence-electron chi connectivity index (χ0n) is 22.5. The Kier molecular flexibility index (Phi) is 6.66. The molecule has 4 heterocycles. The quantitative estimate of drug-likeness (QED) is 0.507. The topological polar surface area (TPSA) is 106 Å². The third-order valence-corrected chi connectivity index (χ3v) is 9.17. The SMILES string of the molecule is O=C(Nc1cccc(Cl)c1)[C@H]1[C@H]2C=C[C@@]3(O2)[C@H]1C(=O)N(C[C@@H]1COc2ccccc2O1)[C@@H]3C(=O)NC1CCCCC1. The minimum atomic E-state index is -1.25. The fraction of sp³-hybridized carbons (Fsp3) is 0.452. The molecule has 9 nitrogen and oxygen atoms in total. The van der Waals surface area contributed by atoms with Crippen LogP contribution < -0.4 is 20.1 Å². The number of benzene rings is 2. The van der Waals surface area contributed by atoms with Gasteiger partial charge in [-0.15, -0.1) is 0 Å². The monoisotopic (exact) mass is 577 g/mol. The van der Waals surface area contributed by atoms with E-state index in [0.717, 1.165) is 32.1 Å². The number of halogens is 1. The lowest BCUT2D eigenvalue weighted by atomic mass is 9.74. The smallest absolute Gasteiger partial charge is 0.246 e. The number of carbonyl (C=O) groups is 3. The van der Waals surface area contributed by atoms with E-state index in [4.69, 9.17) is 25.8 Å². The minimum absolute atomic E-state index is 0.0503. The number of rotatable bonds is 6. The number of fused-ring (bicyclic) bond motifs is 2. The molecule has 214 valence electrons. The maximum atomic E-state index is 14.3. The van der Waals surface area contributed by atoms with Gasteiger partial charge in [0.15, 0.2) is 17.6 Å². The summed E-state index contributed by atoms with van der Waals surface area (Å²) in [4.78, 5) is 43.5. The molecule has 7 rings (SSSR count). The standard InChI is InChI=1S/C31H32ClN3O6/c32-18-7-6-10-20(15-18)34-28(36)25-24-13-14-31(41-24)26(25)30(38)35(27(31)29(37)33-19-8-2-1-3-9-19)16-21-17-39-22-11-4-5-12-23(22)40-21/h4-7,10-15,19,21,24-27H,1-3,8-9,16-17H2,(H,33,37)(H,34,36)/t21-,24-,25+,26-,27-,31-/m1/s1. The number of anilines is 1. The molecule has 41 heavy (non-hydrogen) atoms. The third kappa shape index (κ3) is 4.55. The number of carbonyl (C=O) groups excluding carboxylic acids is 3. The Morgan fingerprint density at radius 1 is 1.02 bits per heavy atom. The van der Waals surface area contributed by atoms with Crippen molar-refractivity contribution in [1.29, 1.82) is 0 Å². The van der Waals surface area contributed by atoms with Gasteiger partial charge in [0.1, 0.15) is 18.2 Å². The second-order valence-corrected chi connectivity index (χ2v) is 12.0. The Labute approximate surface area is 243 Å². The van der Waals surface area contributed by atoms with E-state index in [2.05, 4.69) is 10.6 Å². The summed E-state index contributed by atoms with van der Waals surface area (Å²) in [6.07, 6.45) is 7.61. The molecule has 0 aromatic heterocycles. The average molecular weight is 578 g/mol. The van der Waals surface area contributed by atoms with Gasteiger partial charge in [-0.05, 0) is 43.2 Å². The summed E-state index contributed by atoms with van der Waals surface area (Å²) in [7, 11) is 0. The number of nitrogens with zero attached hydrogens (tertiary/aromatic N) is 1. The molecule has 0 unspecified atom stereocenters. The van der Waals surface area contributed by atoms with Crippen molar-refractivity contribution in [1.82, 2.24) is 10.2 Å². The minimum Gasteiger partial charge on any atom is -0.486 e. The molecule has 2 N–H and O–H groups in total. The van der Waals surface area contributed by atoms with Crippen LogP contribution in [0.3, 0.4) is 0 Å². The van der Waals surface area contributed by atoms with Gasteiger partial charge in [-0.2, -0.15) is 0 Å². The number of para-hydroxylation sites is 2. The molecular weight excluding hydrogens is 546 g/mol. The largest absolute Gasteiger partial charge is 0.486 e. The Balaban J connectivity index is 1.19. The zero-order valence-corrected chi connectivity index (χ0v) is 23.2. The normalized spacial score (nSPS) is 31.7. The molecule has 3 amide bonds. The molecule has 2 aromatic rings. The first kappa shape index (κ1) is 26.3. The van der Waals surface area contributed by atoms with Crippen LogP contribution in [0.5, 0.6) is 11.5 Å². The van der Waals surface area contributed by atoms with Crippen LogP contribution in [-0.4, -0.2) is 65.7 Å². The average Bonchev–Trinajstić information content (AvgIpc) is 3.61. The predicted octanol–water partition coefficient (Wildman–Crippen LogP) is 3.72. The lowest BCUT2D eigenvalue weighted by molar-refractivity contribution is -0.143. The highest BCUT2D eigenvalue weighted by atomic mass is 35.5. The van der Waals surface area contributed by atoms with Crippen LogP contribution in [0.15, 0.2) is 60.7 Å². The summed E-state index contributed by atoms with van der Waals surface area (Å²) in [6.45, 7) is 0.353. The molecule has 2 bridgehead atoms. The van der Waals surface area contributed by atoms with Crippen molar-refractivity contribution in [3.8, 4) is 11.5 Å². The van der Waals surface area contributed by atoms with Gasteiger partial charge in [-0.1, -0.05) is 61.2 Å². The molecule has 3 fully saturated rings. The van der Waals surface area contributed by atoms with Crippen LogP contribution in [0.2, 0.25) is 5.02 Å². The van der Waals surface area contributed by atoms with E-state index in [0.29, 0.717) is 22.2 Å². The molecule has 1 aliphatic carbocycles. The first-order chi connectivity index (χ1) is 19.9. The Morgan fingerprint density at radius 2 is 1.83 bits per heavy atom. The van der Waals surface area contributed by atoms with Gasteiger partial charge in [0.2, 0.25) is 17.7 Å². The van der Waals surface area contributed by atoms with Crippen molar-refractivity contribution >= 4 is 35.0 Å². The maximum absolute atomic E-state index is 14.3. The van der Waals surface area contributed by atoms with Crippen LogP contribution >= 0.6 is 11.6 Å². The van der Waals surface area contributed by atoms with Gasteiger partial charge in [0, 0.05) is 16.8 Å². The van der Waals surface area contributed by atoms with Crippen LogP contribution in [0.4, 0.5) is 5.69 Å². The first-order valence-electron chi connectivity index (χ1n) is 14.4. The number of hydrogen-bond acceptors (Lipinski definition) is 6. The Morgan fingerprint density at radius 3 is 2.63 bits per heavy atom. The van der Waals surface area contributed by atoms with E-state index in [-0.39, 0.29) is 36.9 Å². The van der Waals surface area contributed by atoms with E-state index in [1.807, 2.05) is 36.4 Å². The molecule has 4 aliphatic heterocycles. The van der Waals surface area contributed by atoms with Crippen LogP contribution in [0.1, 0.15) is 32.1 Å². The Hall–Kier alpha value is -3.56. The number of hydrogen-bond donors (Lipinski definition) is 2. The highest BCUT2D eigenvalue weighted by Crippen LogP contribution is 2.55. The van der Waals surface area contributed by atoms with Gasteiger partial charge >= 0.3 is 0 Å². The van der Waals surface area contributed by atoms with Crippen LogP contribution in [0.25, 0.3) is 0 Å². The van der Waals surface area contributed by atoms with Crippen LogP contribution in [0, 0.1) is 11.8 Å². The van der Waals surface area contributed by atoms with Gasteiger partial charge < -0.3 is 29.7 Å². The summed E-state index contributed by atoms with van der Waals surface area (Å²) in [5.74, 6) is -1.32. The fourth-order valence-corrected chi connectivity index (χ4v) is 7.35. The molecular formula is C31H32ClN3O6. The summed E-state index contributed by atoms with van der Waals surface area (Å²) in [6, 6.07) is 13.3. The van der Waals surface area contributed by atoms with Crippen molar-refractivity contribution in [3.05, 3.63) is 65.7 Å². The van der Waals surface area contributed by atoms with E-state index in [1.165, 1.54) is 0 Å². The van der Waals surface area contributed by atoms with Crippen molar-refractivity contribution in [3.63, 3.8) is 0 Å². The molecule has 2 aromatic carbocycles. The van der Waals surface area contributed by atoms with Gasteiger partial charge in [0.25, 0.3) is 0 Å². The third-order valence-electron chi connectivity index (χ3n) is 8.94. The first-order valence-corrected chi connectivity index (χ1v) is 14.7. The zero-order chi connectivity index (χ0) is 28.1. The molecule has 6 atom stereocenters. The van der Waals surface area contributed by atoms with Crippen molar-refractivity contribution in [2.75, 3.05) is 18.5 Å². The van der Waals surface area contributed by atoms with Gasteiger partial charge in [-0.3, -0.25) is 14.4 Å². The fourth-order valence-electron chi connectivity index (χ4n) is 7.16. The number of ether oxygens (including phenoxy) is 3. The number of likely N-dealkylation sites (tertiary alicyclic amines) is 1. The van der Waals surface area contributed by atoms with E-state index in [9.17, 15) is 14.4 Å². The summed E-state index contributed by atoms with van der Waals surface area (Å²) < 4.78 is 18.5. The van der Waals surface area contributed by atoms with E-state index in [1.54, 1.807) is 29.2 Å². The second-order valence-electron chi connectivity index (χ2n) is 11.5. The van der Waals surface area contributed by atoms with Gasteiger partial charge in [0.05, 0.1) is 24.5 Å². The van der Waals surface area contributed by atoms with Crippen LogP contribution in [-0.2, 0) is 19.1 Å². The number of nitrogens with one attached hydrogen (secondary N) is 2. The molecule has 0 radical (unpaired) electrons. The van der Waals surface area contributed by atoms with E-state index >= 15 is 0 Å². The maximum Gasteiger partial charge on any atom is 0.246 e. The molecule has 10 heteroatoms. The highest BCUT2D eigenvalue weighted by molar-refractivity contribution is 6.30.